The van der Waals surface area contributed by atoms with E-state index < -0.39 is 0 Å². The topological polar surface area (TPSA) is 58.4 Å². The summed E-state index contributed by atoms with van der Waals surface area (Å²) in [5.74, 6) is 0.111. The van der Waals surface area contributed by atoms with E-state index in [1.807, 2.05) is 13.8 Å². The van der Waals surface area contributed by atoms with Crippen molar-refractivity contribution in [1.29, 1.82) is 0 Å². The smallest absolute Gasteiger partial charge is 0.221 e. The predicted molar refractivity (Wildman–Crippen MR) is 70.7 cm³/mol. The van der Waals surface area contributed by atoms with Gasteiger partial charge in [0.15, 0.2) is 0 Å². The average Bonchev–Trinajstić information content (AvgIpc) is 2.54. The SMILES string of the molecule is CC(C)NC(=O)CC(CN)N1CCC(C)(C)C1. The van der Waals surface area contributed by atoms with E-state index in [-0.39, 0.29) is 18.0 Å². The minimum atomic E-state index is 0.111. The van der Waals surface area contributed by atoms with Crippen LogP contribution < -0.4 is 11.1 Å². The summed E-state index contributed by atoms with van der Waals surface area (Å²) in [5.41, 5.74) is 6.16. The van der Waals surface area contributed by atoms with E-state index in [1.54, 1.807) is 0 Å². The van der Waals surface area contributed by atoms with Crippen LogP contribution >= 0.6 is 0 Å². The first kappa shape index (κ1) is 14.5. The van der Waals surface area contributed by atoms with Crippen LogP contribution in [-0.4, -0.2) is 42.5 Å². The number of nitrogens with one attached hydrogen (secondary N) is 1. The molecule has 1 saturated heterocycles. The number of amides is 1. The van der Waals surface area contributed by atoms with Crippen LogP contribution in [-0.2, 0) is 4.79 Å². The predicted octanol–water partition coefficient (Wildman–Crippen LogP) is 0.960. The molecular weight excluding hydrogens is 214 g/mol. The highest BCUT2D eigenvalue weighted by Gasteiger charge is 2.33. The van der Waals surface area contributed by atoms with Gasteiger partial charge in [0, 0.05) is 31.6 Å². The zero-order valence-corrected chi connectivity index (χ0v) is 11.6. The van der Waals surface area contributed by atoms with Gasteiger partial charge in [-0.15, -0.1) is 0 Å². The van der Waals surface area contributed by atoms with E-state index in [1.165, 1.54) is 6.42 Å². The molecule has 0 aromatic heterocycles. The molecule has 100 valence electrons. The Kier molecular flexibility index (Phi) is 4.95. The first-order valence-electron chi connectivity index (χ1n) is 6.57. The fourth-order valence-corrected chi connectivity index (χ4v) is 2.42. The summed E-state index contributed by atoms with van der Waals surface area (Å²) in [4.78, 5) is 14.1. The molecule has 1 amide bonds. The van der Waals surface area contributed by atoms with Crippen molar-refractivity contribution in [2.45, 2.75) is 52.6 Å². The van der Waals surface area contributed by atoms with Gasteiger partial charge in [-0.1, -0.05) is 13.8 Å². The number of rotatable bonds is 5. The van der Waals surface area contributed by atoms with Crippen LogP contribution in [0, 0.1) is 5.41 Å². The molecule has 0 aliphatic carbocycles. The summed E-state index contributed by atoms with van der Waals surface area (Å²) in [7, 11) is 0. The molecule has 0 saturated carbocycles. The molecule has 1 fully saturated rings. The Hall–Kier alpha value is -0.610. The maximum atomic E-state index is 11.7. The third kappa shape index (κ3) is 4.64. The fraction of sp³-hybridized carbons (Fsp3) is 0.923. The summed E-state index contributed by atoms with van der Waals surface area (Å²) >= 11 is 0. The van der Waals surface area contributed by atoms with Gasteiger partial charge in [0.1, 0.15) is 0 Å². The summed E-state index contributed by atoms with van der Waals surface area (Å²) < 4.78 is 0. The van der Waals surface area contributed by atoms with Gasteiger partial charge in [-0.25, -0.2) is 0 Å². The molecule has 1 atom stereocenters. The van der Waals surface area contributed by atoms with Gasteiger partial charge in [0.05, 0.1) is 0 Å². The van der Waals surface area contributed by atoms with Crippen molar-refractivity contribution in [3.05, 3.63) is 0 Å². The van der Waals surface area contributed by atoms with Crippen molar-refractivity contribution in [2.24, 2.45) is 11.1 Å². The molecule has 3 N–H and O–H groups in total. The lowest BCUT2D eigenvalue weighted by atomic mass is 9.93. The van der Waals surface area contributed by atoms with Gasteiger partial charge in [-0.05, 0) is 32.2 Å². The van der Waals surface area contributed by atoms with Crippen LogP contribution in [0.2, 0.25) is 0 Å². The number of carbonyl (C=O) groups excluding carboxylic acids is 1. The third-order valence-corrected chi connectivity index (χ3v) is 3.37. The van der Waals surface area contributed by atoms with E-state index in [0.717, 1.165) is 13.1 Å². The molecule has 0 aromatic rings. The summed E-state index contributed by atoms with van der Waals surface area (Å²) in [6, 6.07) is 0.395. The van der Waals surface area contributed by atoms with Crippen molar-refractivity contribution in [3.63, 3.8) is 0 Å². The molecule has 1 aliphatic rings. The van der Waals surface area contributed by atoms with Gasteiger partial charge < -0.3 is 11.1 Å². The highest BCUT2D eigenvalue weighted by atomic mass is 16.1. The second-order valence-corrected chi connectivity index (χ2v) is 6.20. The van der Waals surface area contributed by atoms with Crippen molar-refractivity contribution in [3.8, 4) is 0 Å². The molecule has 1 rings (SSSR count). The lowest BCUT2D eigenvalue weighted by Gasteiger charge is -2.28. The second kappa shape index (κ2) is 5.83. The molecule has 0 spiro atoms. The van der Waals surface area contributed by atoms with Crippen LogP contribution in [0.25, 0.3) is 0 Å². The maximum Gasteiger partial charge on any atom is 0.221 e. The zero-order valence-electron chi connectivity index (χ0n) is 11.6. The van der Waals surface area contributed by atoms with Gasteiger partial charge in [-0.3, -0.25) is 9.69 Å². The minimum absolute atomic E-state index is 0.111. The Morgan fingerprint density at radius 3 is 2.53 bits per heavy atom. The number of hydrogen-bond acceptors (Lipinski definition) is 3. The molecule has 1 heterocycles. The summed E-state index contributed by atoms with van der Waals surface area (Å²) in [5, 5.41) is 2.93. The Bertz CT molecular complexity index is 263. The highest BCUT2D eigenvalue weighted by molar-refractivity contribution is 5.76. The van der Waals surface area contributed by atoms with Crippen LogP contribution in [0.5, 0.6) is 0 Å². The van der Waals surface area contributed by atoms with Crippen LogP contribution in [0.15, 0.2) is 0 Å². The van der Waals surface area contributed by atoms with Crippen molar-refractivity contribution in [1.82, 2.24) is 10.2 Å². The minimum Gasteiger partial charge on any atom is -0.354 e. The lowest BCUT2D eigenvalue weighted by molar-refractivity contribution is -0.122. The molecule has 17 heavy (non-hydrogen) atoms. The number of carbonyl (C=O) groups is 1. The third-order valence-electron chi connectivity index (χ3n) is 3.37. The quantitative estimate of drug-likeness (QED) is 0.754. The second-order valence-electron chi connectivity index (χ2n) is 6.20. The largest absolute Gasteiger partial charge is 0.354 e. The molecule has 0 radical (unpaired) electrons. The Labute approximate surface area is 105 Å². The highest BCUT2D eigenvalue weighted by Crippen LogP contribution is 2.30. The molecule has 4 nitrogen and oxygen atoms in total. The standard InChI is InChI=1S/C13H27N3O/c1-10(2)15-12(17)7-11(8-14)16-6-5-13(3,4)9-16/h10-11H,5-9,14H2,1-4H3,(H,15,17). The summed E-state index contributed by atoms with van der Waals surface area (Å²) in [6.07, 6.45) is 1.71. The van der Waals surface area contributed by atoms with Crippen LogP contribution in [0.4, 0.5) is 0 Å². The zero-order chi connectivity index (χ0) is 13.1. The first-order chi connectivity index (χ1) is 7.84. The van der Waals surface area contributed by atoms with E-state index in [9.17, 15) is 4.79 Å². The Morgan fingerprint density at radius 2 is 2.12 bits per heavy atom. The van der Waals surface area contributed by atoms with E-state index in [0.29, 0.717) is 18.4 Å². The van der Waals surface area contributed by atoms with Gasteiger partial charge in [0.25, 0.3) is 0 Å². The van der Waals surface area contributed by atoms with Gasteiger partial charge in [0.2, 0.25) is 5.91 Å². The number of likely N-dealkylation sites (tertiary alicyclic amines) is 1. The van der Waals surface area contributed by atoms with E-state index in [4.69, 9.17) is 5.73 Å². The number of nitrogens with zero attached hydrogens (tertiary/aromatic N) is 1. The maximum absolute atomic E-state index is 11.7. The monoisotopic (exact) mass is 241 g/mol. The van der Waals surface area contributed by atoms with Crippen molar-refractivity contribution >= 4 is 5.91 Å². The molecule has 4 heteroatoms. The molecule has 0 bridgehead atoms. The fourth-order valence-electron chi connectivity index (χ4n) is 2.42. The van der Waals surface area contributed by atoms with Gasteiger partial charge in [-0.2, -0.15) is 0 Å². The molecule has 1 aliphatic heterocycles. The van der Waals surface area contributed by atoms with E-state index in [2.05, 4.69) is 24.1 Å². The lowest BCUT2D eigenvalue weighted by Crippen LogP contribution is -2.44. The van der Waals surface area contributed by atoms with Crippen LogP contribution in [0.1, 0.15) is 40.5 Å². The Balaban J connectivity index is 2.46. The molecular formula is C13H27N3O. The van der Waals surface area contributed by atoms with Crippen LogP contribution in [0.3, 0.4) is 0 Å². The first-order valence-corrected chi connectivity index (χ1v) is 6.57. The normalized spacial score (nSPS) is 21.8. The number of hydrogen-bond donors (Lipinski definition) is 2. The van der Waals surface area contributed by atoms with Crippen molar-refractivity contribution in [2.75, 3.05) is 19.6 Å². The summed E-state index contributed by atoms with van der Waals surface area (Å²) in [6.45, 7) is 11.2. The number of nitrogens with two attached hydrogens (primary N) is 1. The molecule has 0 aromatic carbocycles. The molecule has 1 unspecified atom stereocenters. The van der Waals surface area contributed by atoms with Crippen molar-refractivity contribution < 1.29 is 4.79 Å². The van der Waals surface area contributed by atoms with Gasteiger partial charge >= 0.3 is 0 Å². The Morgan fingerprint density at radius 1 is 1.47 bits per heavy atom. The van der Waals surface area contributed by atoms with E-state index >= 15 is 0 Å². The average molecular weight is 241 g/mol.